The number of likely N-dealkylation sites (tertiary alicyclic amines) is 1. The number of amides is 1. The van der Waals surface area contributed by atoms with Gasteiger partial charge in [-0.2, -0.15) is 0 Å². The molecule has 2 aromatic heterocycles. The normalized spacial score (nSPS) is 20.1. The molecule has 27 heavy (non-hydrogen) atoms. The van der Waals surface area contributed by atoms with Crippen molar-refractivity contribution in [3.63, 3.8) is 0 Å². The Labute approximate surface area is 154 Å². The SMILES string of the molecule is O=C(c1ccoc1)N1CCOC2(CCN(Cc3cc(=O)[nH]c(=O)[nH]3)CC2)C1. The fourth-order valence-corrected chi connectivity index (χ4v) is 3.85. The second-order valence-electron chi connectivity index (χ2n) is 7.16. The third-order valence-electron chi connectivity index (χ3n) is 5.28. The fourth-order valence-electron chi connectivity index (χ4n) is 3.85. The van der Waals surface area contributed by atoms with Crippen LogP contribution in [0, 0.1) is 0 Å². The van der Waals surface area contributed by atoms with Crippen molar-refractivity contribution in [1.82, 2.24) is 19.8 Å². The van der Waals surface area contributed by atoms with Gasteiger partial charge in [-0.1, -0.05) is 0 Å². The van der Waals surface area contributed by atoms with E-state index in [0.29, 0.717) is 37.5 Å². The maximum Gasteiger partial charge on any atom is 0.325 e. The third kappa shape index (κ3) is 3.88. The molecule has 2 aromatic rings. The smallest absolute Gasteiger partial charge is 0.325 e. The number of carbonyl (C=O) groups excluding carboxylic acids is 1. The number of furan rings is 1. The van der Waals surface area contributed by atoms with E-state index in [9.17, 15) is 14.4 Å². The maximum absolute atomic E-state index is 12.6. The summed E-state index contributed by atoms with van der Waals surface area (Å²) in [5.74, 6) is -0.0325. The Morgan fingerprint density at radius 3 is 2.70 bits per heavy atom. The zero-order valence-corrected chi connectivity index (χ0v) is 14.9. The molecular formula is C18H22N4O5. The van der Waals surface area contributed by atoms with E-state index in [1.807, 2.05) is 4.90 Å². The number of aromatic nitrogens is 2. The van der Waals surface area contributed by atoms with Crippen LogP contribution in [0.2, 0.25) is 0 Å². The Bertz CT molecular complexity index is 880. The minimum atomic E-state index is -0.491. The summed E-state index contributed by atoms with van der Waals surface area (Å²) in [6.07, 6.45) is 4.54. The summed E-state index contributed by atoms with van der Waals surface area (Å²) in [6, 6.07) is 3.09. The molecule has 0 unspecified atom stereocenters. The van der Waals surface area contributed by atoms with E-state index in [2.05, 4.69) is 14.9 Å². The van der Waals surface area contributed by atoms with Gasteiger partial charge < -0.3 is 19.0 Å². The van der Waals surface area contributed by atoms with E-state index < -0.39 is 11.2 Å². The molecule has 2 saturated heterocycles. The molecule has 0 saturated carbocycles. The van der Waals surface area contributed by atoms with Gasteiger partial charge in [0.05, 0.1) is 30.6 Å². The van der Waals surface area contributed by atoms with E-state index >= 15 is 0 Å². The Morgan fingerprint density at radius 2 is 2.00 bits per heavy atom. The van der Waals surface area contributed by atoms with Crippen LogP contribution in [0.3, 0.4) is 0 Å². The monoisotopic (exact) mass is 374 g/mol. The van der Waals surface area contributed by atoms with Crippen LogP contribution in [0.1, 0.15) is 28.9 Å². The van der Waals surface area contributed by atoms with Crippen LogP contribution in [-0.4, -0.2) is 64.1 Å². The summed E-state index contributed by atoms with van der Waals surface area (Å²) in [4.78, 5) is 44.3. The lowest BCUT2D eigenvalue weighted by Gasteiger charge is -2.47. The maximum atomic E-state index is 12.6. The molecule has 1 spiro atoms. The van der Waals surface area contributed by atoms with Crippen LogP contribution in [0.25, 0.3) is 0 Å². The molecule has 0 aliphatic carbocycles. The van der Waals surface area contributed by atoms with E-state index in [0.717, 1.165) is 25.9 Å². The number of hydrogen-bond acceptors (Lipinski definition) is 6. The Morgan fingerprint density at radius 1 is 1.19 bits per heavy atom. The second kappa shape index (κ2) is 7.16. The summed E-state index contributed by atoms with van der Waals surface area (Å²) in [6.45, 7) is 3.69. The van der Waals surface area contributed by atoms with Crippen molar-refractivity contribution >= 4 is 5.91 Å². The number of hydrogen-bond donors (Lipinski definition) is 2. The standard InChI is InChI=1S/C18H22N4O5/c23-15-9-14(19-17(25)20-15)10-21-4-2-18(3-5-21)12-22(6-8-27-18)16(24)13-1-7-26-11-13/h1,7,9,11H,2-6,8,10,12H2,(H2,19,20,23,25). The largest absolute Gasteiger partial charge is 0.472 e. The van der Waals surface area contributed by atoms with Crippen LogP contribution in [0.5, 0.6) is 0 Å². The van der Waals surface area contributed by atoms with Crippen molar-refractivity contribution < 1.29 is 13.9 Å². The Balaban J connectivity index is 1.38. The minimum Gasteiger partial charge on any atom is -0.472 e. The van der Waals surface area contributed by atoms with Gasteiger partial charge in [0, 0.05) is 37.9 Å². The quantitative estimate of drug-likeness (QED) is 0.792. The van der Waals surface area contributed by atoms with E-state index in [1.54, 1.807) is 6.07 Å². The van der Waals surface area contributed by atoms with Crippen molar-refractivity contribution in [3.05, 3.63) is 56.8 Å². The van der Waals surface area contributed by atoms with Gasteiger partial charge in [0.15, 0.2) is 0 Å². The molecular weight excluding hydrogens is 352 g/mol. The summed E-state index contributed by atoms with van der Waals surface area (Å²) < 4.78 is 11.1. The summed E-state index contributed by atoms with van der Waals surface area (Å²) >= 11 is 0. The summed E-state index contributed by atoms with van der Waals surface area (Å²) in [7, 11) is 0. The minimum absolute atomic E-state index is 0.0325. The lowest BCUT2D eigenvalue weighted by atomic mass is 9.89. The number of nitrogens with zero attached hydrogens (tertiary/aromatic N) is 2. The van der Waals surface area contributed by atoms with E-state index in [1.165, 1.54) is 18.6 Å². The molecule has 1 amide bonds. The number of piperidine rings is 1. The first kappa shape index (κ1) is 17.7. The van der Waals surface area contributed by atoms with Crippen LogP contribution in [0.4, 0.5) is 0 Å². The van der Waals surface area contributed by atoms with E-state index in [-0.39, 0.29) is 11.5 Å². The van der Waals surface area contributed by atoms with Crippen LogP contribution in [0.15, 0.2) is 38.7 Å². The first-order chi connectivity index (χ1) is 13.0. The van der Waals surface area contributed by atoms with Gasteiger partial charge >= 0.3 is 5.69 Å². The van der Waals surface area contributed by atoms with Gasteiger partial charge in [-0.05, 0) is 18.9 Å². The molecule has 2 fully saturated rings. The molecule has 9 nitrogen and oxygen atoms in total. The van der Waals surface area contributed by atoms with Crippen molar-refractivity contribution in [2.45, 2.75) is 25.0 Å². The molecule has 0 aromatic carbocycles. The van der Waals surface area contributed by atoms with Crippen molar-refractivity contribution in [1.29, 1.82) is 0 Å². The van der Waals surface area contributed by atoms with Crippen molar-refractivity contribution in [2.24, 2.45) is 0 Å². The van der Waals surface area contributed by atoms with Gasteiger partial charge in [0.25, 0.3) is 11.5 Å². The number of carbonyl (C=O) groups is 1. The van der Waals surface area contributed by atoms with Gasteiger partial charge in [-0.3, -0.25) is 19.5 Å². The highest BCUT2D eigenvalue weighted by Gasteiger charge is 2.41. The van der Waals surface area contributed by atoms with Gasteiger partial charge in [-0.25, -0.2) is 4.79 Å². The number of nitrogens with one attached hydrogen (secondary N) is 2. The molecule has 2 aliphatic heterocycles. The zero-order valence-electron chi connectivity index (χ0n) is 14.9. The molecule has 0 atom stereocenters. The average molecular weight is 374 g/mol. The predicted molar refractivity (Wildman–Crippen MR) is 95.5 cm³/mol. The summed E-state index contributed by atoms with van der Waals surface area (Å²) in [5.41, 5.74) is -0.0691. The first-order valence-electron chi connectivity index (χ1n) is 9.03. The molecule has 0 bridgehead atoms. The summed E-state index contributed by atoms with van der Waals surface area (Å²) in [5, 5.41) is 0. The number of rotatable bonds is 3. The second-order valence-corrected chi connectivity index (χ2v) is 7.16. The number of H-pyrrole nitrogens is 2. The molecule has 2 aliphatic rings. The average Bonchev–Trinajstić information content (AvgIpc) is 3.17. The van der Waals surface area contributed by atoms with Crippen LogP contribution in [-0.2, 0) is 11.3 Å². The lowest BCUT2D eigenvalue weighted by Crippen LogP contribution is -2.57. The molecule has 2 N–H and O–H groups in total. The van der Waals surface area contributed by atoms with Crippen LogP contribution < -0.4 is 11.2 Å². The Kier molecular flexibility index (Phi) is 4.71. The molecule has 144 valence electrons. The fraction of sp³-hybridized carbons (Fsp3) is 0.500. The number of morpholine rings is 1. The van der Waals surface area contributed by atoms with Gasteiger partial charge in [0.2, 0.25) is 0 Å². The van der Waals surface area contributed by atoms with Gasteiger partial charge in [0.1, 0.15) is 6.26 Å². The Hall–Kier alpha value is -2.65. The molecule has 4 rings (SSSR count). The van der Waals surface area contributed by atoms with Crippen LogP contribution >= 0.6 is 0 Å². The highest BCUT2D eigenvalue weighted by atomic mass is 16.5. The van der Waals surface area contributed by atoms with Gasteiger partial charge in [-0.15, -0.1) is 0 Å². The third-order valence-corrected chi connectivity index (χ3v) is 5.28. The number of ether oxygens (including phenoxy) is 1. The highest BCUT2D eigenvalue weighted by Crippen LogP contribution is 2.31. The lowest BCUT2D eigenvalue weighted by molar-refractivity contribution is -0.128. The number of aromatic amines is 2. The predicted octanol–water partition coefficient (Wildman–Crippen LogP) is 0.163. The molecule has 4 heterocycles. The highest BCUT2D eigenvalue weighted by molar-refractivity contribution is 5.93. The van der Waals surface area contributed by atoms with Crippen molar-refractivity contribution in [2.75, 3.05) is 32.8 Å². The molecule has 9 heteroatoms. The van der Waals surface area contributed by atoms with E-state index in [4.69, 9.17) is 9.15 Å². The topological polar surface area (TPSA) is 112 Å². The first-order valence-corrected chi connectivity index (χ1v) is 9.03. The zero-order chi connectivity index (χ0) is 18.9. The molecule has 0 radical (unpaired) electrons. The van der Waals surface area contributed by atoms with Crippen molar-refractivity contribution in [3.8, 4) is 0 Å².